The van der Waals surface area contributed by atoms with Crippen molar-refractivity contribution in [1.82, 2.24) is 10.0 Å². The van der Waals surface area contributed by atoms with Crippen molar-refractivity contribution in [2.45, 2.75) is 24.3 Å². The van der Waals surface area contributed by atoms with Gasteiger partial charge >= 0.3 is 5.97 Å². The molecule has 1 aromatic rings. The first-order valence-electron chi connectivity index (χ1n) is 6.36. The van der Waals surface area contributed by atoms with Gasteiger partial charge in [0, 0.05) is 12.6 Å². The number of methoxy groups -OCH3 is 1. The molecule has 1 aromatic carbocycles. The van der Waals surface area contributed by atoms with Gasteiger partial charge in [0.2, 0.25) is 10.0 Å². The van der Waals surface area contributed by atoms with Gasteiger partial charge in [0.25, 0.3) is 0 Å². The van der Waals surface area contributed by atoms with E-state index in [4.69, 9.17) is 0 Å². The van der Waals surface area contributed by atoms with E-state index in [1.165, 1.54) is 25.3 Å². The van der Waals surface area contributed by atoms with Crippen molar-refractivity contribution in [2.75, 3.05) is 20.2 Å². The van der Waals surface area contributed by atoms with Gasteiger partial charge in [0.15, 0.2) is 0 Å². The molecule has 1 saturated heterocycles. The number of ether oxygens (including phenoxy) is 1. The molecule has 1 atom stereocenters. The van der Waals surface area contributed by atoms with E-state index in [9.17, 15) is 13.2 Å². The molecule has 2 N–H and O–H groups in total. The van der Waals surface area contributed by atoms with E-state index in [-0.39, 0.29) is 23.3 Å². The molecule has 0 spiro atoms. The van der Waals surface area contributed by atoms with Crippen LogP contribution in [0.25, 0.3) is 0 Å². The molecule has 0 saturated carbocycles. The third-order valence-corrected chi connectivity index (χ3v) is 4.81. The number of nitrogens with one attached hydrogen (secondary N) is 2. The first kappa shape index (κ1) is 17.9. The Balaban J connectivity index is 0.00000220. The molecule has 0 amide bonds. The SMILES string of the molecule is COC(=O)c1ccc(S(=O)(=O)NC2CCNC2)cc1C.Cl. The molecule has 1 aliphatic heterocycles. The normalized spacial score (nSPS) is 18.1. The lowest BCUT2D eigenvalue weighted by molar-refractivity contribution is 0.0600. The molecule has 1 unspecified atom stereocenters. The van der Waals surface area contributed by atoms with E-state index < -0.39 is 16.0 Å². The van der Waals surface area contributed by atoms with Gasteiger partial charge in [-0.1, -0.05) is 0 Å². The Morgan fingerprint density at radius 3 is 2.67 bits per heavy atom. The number of carbonyl (C=O) groups is 1. The second kappa shape index (κ2) is 7.22. The van der Waals surface area contributed by atoms with Gasteiger partial charge < -0.3 is 10.1 Å². The van der Waals surface area contributed by atoms with Crippen LogP contribution in [0.3, 0.4) is 0 Å². The second-order valence-electron chi connectivity index (χ2n) is 4.78. The average molecular weight is 335 g/mol. The highest BCUT2D eigenvalue weighted by molar-refractivity contribution is 7.89. The molecule has 6 nitrogen and oxygen atoms in total. The van der Waals surface area contributed by atoms with Crippen LogP contribution < -0.4 is 10.0 Å². The molecule has 1 aliphatic rings. The van der Waals surface area contributed by atoms with Crippen molar-refractivity contribution in [3.63, 3.8) is 0 Å². The number of hydrogen-bond acceptors (Lipinski definition) is 5. The lowest BCUT2D eigenvalue weighted by Gasteiger charge is -2.13. The Morgan fingerprint density at radius 2 is 2.14 bits per heavy atom. The maximum Gasteiger partial charge on any atom is 0.338 e. The average Bonchev–Trinajstić information content (AvgIpc) is 2.89. The summed E-state index contributed by atoms with van der Waals surface area (Å²) in [6, 6.07) is 4.30. The van der Waals surface area contributed by atoms with Gasteiger partial charge in [-0.15, -0.1) is 12.4 Å². The number of esters is 1. The van der Waals surface area contributed by atoms with E-state index in [0.29, 0.717) is 17.7 Å². The topological polar surface area (TPSA) is 84.5 Å². The van der Waals surface area contributed by atoms with Gasteiger partial charge in [-0.2, -0.15) is 0 Å². The molecule has 1 heterocycles. The third kappa shape index (κ3) is 4.16. The van der Waals surface area contributed by atoms with Crippen LogP contribution in [0.4, 0.5) is 0 Å². The zero-order chi connectivity index (χ0) is 14.8. The maximum atomic E-state index is 12.2. The summed E-state index contributed by atoms with van der Waals surface area (Å²) in [5.41, 5.74) is 0.943. The summed E-state index contributed by atoms with van der Waals surface area (Å²) in [6.45, 7) is 3.13. The maximum absolute atomic E-state index is 12.2. The molecule has 21 heavy (non-hydrogen) atoms. The smallest absolute Gasteiger partial charge is 0.338 e. The Bertz CT molecular complexity index is 613. The first-order valence-corrected chi connectivity index (χ1v) is 7.84. The predicted molar refractivity (Wildman–Crippen MR) is 81.4 cm³/mol. The lowest BCUT2D eigenvalue weighted by Crippen LogP contribution is -2.36. The third-order valence-electron chi connectivity index (χ3n) is 3.30. The minimum atomic E-state index is -3.56. The van der Waals surface area contributed by atoms with Gasteiger partial charge in [0.05, 0.1) is 17.6 Å². The molecule has 0 radical (unpaired) electrons. The number of benzene rings is 1. The lowest BCUT2D eigenvalue weighted by atomic mass is 10.1. The Labute approximate surface area is 130 Å². The van der Waals surface area contributed by atoms with Crippen LogP contribution in [0.1, 0.15) is 22.3 Å². The monoisotopic (exact) mass is 334 g/mol. The largest absolute Gasteiger partial charge is 0.465 e. The van der Waals surface area contributed by atoms with E-state index in [2.05, 4.69) is 14.8 Å². The molecule has 1 fully saturated rings. The zero-order valence-corrected chi connectivity index (χ0v) is 13.5. The van der Waals surface area contributed by atoms with Crippen molar-refractivity contribution in [3.05, 3.63) is 29.3 Å². The highest BCUT2D eigenvalue weighted by Gasteiger charge is 2.23. The minimum Gasteiger partial charge on any atom is -0.465 e. The summed E-state index contributed by atoms with van der Waals surface area (Å²) in [5.74, 6) is -0.473. The fourth-order valence-corrected chi connectivity index (χ4v) is 3.54. The van der Waals surface area contributed by atoms with Crippen molar-refractivity contribution in [3.8, 4) is 0 Å². The van der Waals surface area contributed by atoms with Crippen molar-refractivity contribution in [2.24, 2.45) is 0 Å². The highest BCUT2D eigenvalue weighted by atomic mass is 35.5. The molecule has 2 rings (SSSR count). The molecule has 118 valence electrons. The van der Waals surface area contributed by atoms with Gasteiger partial charge in [0.1, 0.15) is 0 Å². The number of rotatable bonds is 4. The van der Waals surface area contributed by atoms with Crippen LogP contribution in [0.5, 0.6) is 0 Å². The fourth-order valence-electron chi connectivity index (χ4n) is 2.18. The van der Waals surface area contributed by atoms with Crippen LogP contribution in [0.2, 0.25) is 0 Å². The van der Waals surface area contributed by atoms with Crippen molar-refractivity contribution >= 4 is 28.4 Å². The summed E-state index contributed by atoms with van der Waals surface area (Å²) in [4.78, 5) is 11.6. The molecule has 0 bridgehead atoms. The quantitative estimate of drug-likeness (QED) is 0.797. The van der Waals surface area contributed by atoms with Gasteiger partial charge in [-0.25, -0.2) is 17.9 Å². The summed E-state index contributed by atoms with van der Waals surface area (Å²) < 4.78 is 31.8. The summed E-state index contributed by atoms with van der Waals surface area (Å²) in [6.07, 6.45) is 0.776. The zero-order valence-electron chi connectivity index (χ0n) is 11.9. The molecular weight excluding hydrogens is 316 g/mol. The standard InChI is InChI=1S/C13H18N2O4S.ClH/c1-9-7-11(3-4-12(9)13(16)19-2)20(17,18)15-10-5-6-14-8-10;/h3-4,7,10,14-15H,5-6,8H2,1-2H3;1H. The number of halogens is 1. The summed E-state index contributed by atoms with van der Waals surface area (Å²) in [5, 5.41) is 3.10. The van der Waals surface area contributed by atoms with E-state index in [1.807, 2.05) is 0 Å². The van der Waals surface area contributed by atoms with Crippen LogP contribution in [-0.4, -0.2) is 40.6 Å². The van der Waals surface area contributed by atoms with Gasteiger partial charge in [-0.3, -0.25) is 0 Å². The number of hydrogen-bond donors (Lipinski definition) is 2. The number of aryl methyl sites for hydroxylation is 1. The molecule has 0 aliphatic carbocycles. The Kier molecular flexibility index (Phi) is 6.15. The van der Waals surface area contributed by atoms with E-state index in [1.54, 1.807) is 6.92 Å². The summed E-state index contributed by atoms with van der Waals surface area (Å²) >= 11 is 0. The number of sulfonamides is 1. The molecule has 0 aromatic heterocycles. The van der Waals surface area contributed by atoms with E-state index in [0.717, 1.165) is 13.0 Å². The second-order valence-corrected chi connectivity index (χ2v) is 6.49. The highest BCUT2D eigenvalue weighted by Crippen LogP contribution is 2.17. The van der Waals surface area contributed by atoms with Crippen LogP contribution in [-0.2, 0) is 14.8 Å². The van der Waals surface area contributed by atoms with Crippen LogP contribution in [0.15, 0.2) is 23.1 Å². The summed E-state index contributed by atoms with van der Waals surface area (Å²) in [7, 11) is -2.26. The minimum absolute atomic E-state index is 0. The number of carbonyl (C=O) groups excluding carboxylic acids is 1. The van der Waals surface area contributed by atoms with Crippen LogP contribution in [0, 0.1) is 6.92 Å². The Hall–Kier alpha value is -1.15. The predicted octanol–water partition coefficient (Wildman–Crippen LogP) is 0.844. The van der Waals surface area contributed by atoms with Gasteiger partial charge in [-0.05, 0) is 43.7 Å². The van der Waals surface area contributed by atoms with Crippen molar-refractivity contribution < 1.29 is 17.9 Å². The van der Waals surface area contributed by atoms with Crippen molar-refractivity contribution in [1.29, 1.82) is 0 Å². The molecule has 8 heteroatoms. The fraction of sp³-hybridized carbons (Fsp3) is 0.462. The molecular formula is C13H19ClN2O4S. The van der Waals surface area contributed by atoms with Crippen LogP contribution >= 0.6 is 12.4 Å². The Morgan fingerprint density at radius 1 is 1.43 bits per heavy atom. The first-order chi connectivity index (χ1) is 9.44. The van der Waals surface area contributed by atoms with E-state index >= 15 is 0 Å².